The van der Waals surface area contributed by atoms with Crippen LogP contribution in [0.5, 0.6) is 0 Å². The molecule has 13 heavy (non-hydrogen) atoms. The van der Waals surface area contributed by atoms with E-state index >= 15 is 0 Å². The number of hydrogen-bond acceptors (Lipinski definition) is 1. The van der Waals surface area contributed by atoms with E-state index in [1.54, 1.807) is 0 Å². The standard InChI is InChI=1S/C11H13NS/c13-11-7-10(8-12-11)6-9-4-2-1-3-5-9/h1-5,10H,6-8H2,(H,12,13). The Balaban J connectivity index is 1.96. The number of hydrogen-bond donors (Lipinski definition) is 1. The molecule has 0 amide bonds. The summed E-state index contributed by atoms with van der Waals surface area (Å²) in [6.45, 7) is 1.05. The summed E-state index contributed by atoms with van der Waals surface area (Å²) in [5, 5.41) is 3.22. The van der Waals surface area contributed by atoms with E-state index in [-0.39, 0.29) is 0 Å². The Kier molecular flexibility index (Phi) is 2.60. The summed E-state index contributed by atoms with van der Waals surface area (Å²) in [4.78, 5) is 1.03. The molecule has 1 fully saturated rings. The Morgan fingerprint density at radius 1 is 1.31 bits per heavy atom. The van der Waals surface area contributed by atoms with Gasteiger partial charge in [0.15, 0.2) is 0 Å². The highest BCUT2D eigenvalue weighted by atomic mass is 32.1. The topological polar surface area (TPSA) is 12.0 Å². The first-order valence-corrected chi connectivity index (χ1v) is 5.06. The molecule has 1 aromatic rings. The van der Waals surface area contributed by atoms with Crippen LogP contribution in [0.4, 0.5) is 0 Å². The Morgan fingerprint density at radius 2 is 2.08 bits per heavy atom. The van der Waals surface area contributed by atoms with Gasteiger partial charge in [0.1, 0.15) is 0 Å². The van der Waals surface area contributed by atoms with Crippen molar-refractivity contribution in [2.24, 2.45) is 5.92 Å². The van der Waals surface area contributed by atoms with Gasteiger partial charge < -0.3 is 5.32 Å². The molecule has 2 heteroatoms. The van der Waals surface area contributed by atoms with E-state index in [9.17, 15) is 0 Å². The smallest absolute Gasteiger partial charge is 0.0757 e. The molecule has 1 unspecified atom stereocenters. The minimum atomic E-state index is 0.704. The fourth-order valence-corrected chi connectivity index (χ4v) is 2.08. The van der Waals surface area contributed by atoms with Crippen LogP contribution in [0.25, 0.3) is 0 Å². The summed E-state index contributed by atoms with van der Waals surface area (Å²) in [5.74, 6) is 0.704. The fourth-order valence-electron chi connectivity index (χ4n) is 1.76. The van der Waals surface area contributed by atoms with Gasteiger partial charge in [0.05, 0.1) is 4.99 Å². The second-order valence-corrected chi connectivity index (χ2v) is 4.06. The van der Waals surface area contributed by atoms with Crippen LogP contribution in [0.15, 0.2) is 30.3 Å². The third-order valence-electron chi connectivity index (χ3n) is 2.43. The summed E-state index contributed by atoms with van der Waals surface area (Å²) >= 11 is 5.10. The summed E-state index contributed by atoms with van der Waals surface area (Å²) in [7, 11) is 0. The van der Waals surface area contributed by atoms with Gasteiger partial charge in [-0.25, -0.2) is 0 Å². The van der Waals surface area contributed by atoms with Crippen molar-refractivity contribution in [2.75, 3.05) is 6.54 Å². The van der Waals surface area contributed by atoms with Gasteiger partial charge in [0.2, 0.25) is 0 Å². The molecule has 1 N–H and O–H groups in total. The Labute approximate surface area is 84.2 Å². The van der Waals surface area contributed by atoms with Gasteiger partial charge in [0.25, 0.3) is 0 Å². The molecule has 0 saturated carbocycles. The lowest BCUT2D eigenvalue weighted by atomic mass is 9.99. The highest BCUT2D eigenvalue weighted by molar-refractivity contribution is 7.80. The molecule has 0 aliphatic carbocycles. The minimum Gasteiger partial charge on any atom is -0.379 e. The van der Waals surface area contributed by atoms with Gasteiger partial charge in [-0.3, -0.25) is 0 Å². The maximum Gasteiger partial charge on any atom is 0.0757 e. The molecule has 1 atom stereocenters. The molecule has 1 aliphatic heterocycles. The summed E-state index contributed by atoms with van der Waals surface area (Å²) in [6, 6.07) is 10.6. The van der Waals surface area contributed by atoms with E-state index in [2.05, 4.69) is 35.6 Å². The highest BCUT2D eigenvalue weighted by Crippen LogP contribution is 2.16. The molecule has 1 saturated heterocycles. The van der Waals surface area contributed by atoms with E-state index in [0.717, 1.165) is 24.4 Å². The van der Waals surface area contributed by atoms with Crippen LogP contribution >= 0.6 is 12.2 Å². The fraction of sp³-hybridized carbons (Fsp3) is 0.364. The first-order valence-electron chi connectivity index (χ1n) is 4.65. The van der Waals surface area contributed by atoms with Gasteiger partial charge >= 0.3 is 0 Å². The van der Waals surface area contributed by atoms with Crippen molar-refractivity contribution < 1.29 is 0 Å². The second-order valence-electron chi connectivity index (χ2n) is 3.56. The Morgan fingerprint density at radius 3 is 2.69 bits per heavy atom. The molecule has 0 radical (unpaired) electrons. The zero-order chi connectivity index (χ0) is 9.10. The lowest BCUT2D eigenvalue weighted by Gasteiger charge is -2.06. The molecule has 2 rings (SSSR count). The first kappa shape index (κ1) is 8.70. The molecule has 1 nitrogen and oxygen atoms in total. The van der Waals surface area contributed by atoms with Crippen LogP contribution in [0.2, 0.25) is 0 Å². The maximum atomic E-state index is 5.10. The van der Waals surface area contributed by atoms with Crippen LogP contribution in [0.1, 0.15) is 12.0 Å². The molecule has 68 valence electrons. The molecular weight excluding hydrogens is 178 g/mol. The third-order valence-corrected chi connectivity index (χ3v) is 2.74. The maximum absolute atomic E-state index is 5.10. The van der Waals surface area contributed by atoms with Crippen molar-refractivity contribution in [3.05, 3.63) is 35.9 Å². The molecular formula is C11H13NS. The summed E-state index contributed by atoms with van der Waals surface area (Å²) < 4.78 is 0. The van der Waals surface area contributed by atoms with Crippen molar-refractivity contribution in [3.63, 3.8) is 0 Å². The summed E-state index contributed by atoms with van der Waals surface area (Å²) in [5.41, 5.74) is 1.42. The van der Waals surface area contributed by atoms with Crippen molar-refractivity contribution in [3.8, 4) is 0 Å². The quantitative estimate of drug-likeness (QED) is 0.719. The molecule has 0 bridgehead atoms. The summed E-state index contributed by atoms with van der Waals surface area (Å²) in [6.07, 6.45) is 2.21. The molecule has 1 heterocycles. The average Bonchev–Trinajstić information content (AvgIpc) is 2.53. The monoisotopic (exact) mass is 191 g/mol. The third kappa shape index (κ3) is 2.28. The van der Waals surface area contributed by atoms with E-state index in [1.807, 2.05) is 0 Å². The average molecular weight is 191 g/mol. The molecule has 1 aromatic carbocycles. The lowest BCUT2D eigenvalue weighted by Crippen LogP contribution is -2.13. The number of rotatable bonds is 2. The number of thiocarbonyl (C=S) groups is 1. The molecule has 1 aliphatic rings. The normalized spacial score (nSPS) is 21.5. The largest absolute Gasteiger partial charge is 0.379 e. The van der Waals surface area contributed by atoms with Crippen LogP contribution in [0, 0.1) is 5.92 Å². The highest BCUT2D eigenvalue weighted by Gasteiger charge is 2.18. The predicted molar refractivity (Wildman–Crippen MR) is 58.9 cm³/mol. The zero-order valence-corrected chi connectivity index (χ0v) is 8.31. The van der Waals surface area contributed by atoms with E-state index in [4.69, 9.17) is 12.2 Å². The van der Waals surface area contributed by atoms with Crippen molar-refractivity contribution >= 4 is 17.2 Å². The van der Waals surface area contributed by atoms with Crippen LogP contribution in [-0.2, 0) is 6.42 Å². The van der Waals surface area contributed by atoms with Crippen molar-refractivity contribution in [1.29, 1.82) is 0 Å². The minimum absolute atomic E-state index is 0.704. The second kappa shape index (κ2) is 3.88. The van der Waals surface area contributed by atoms with Gasteiger partial charge in [-0.1, -0.05) is 42.5 Å². The predicted octanol–water partition coefficient (Wildman–Crippen LogP) is 2.17. The lowest BCUT2D eigenvalue weighted by molar-refractivity contribution is 0.585. The first-order chi connectivity index (χ1) is 6.34. The van der Waals surface area contributed by atoms with Gasteiger partial charge in [-0.05, 0) is 17.9 Å². The van der Waals surface area contributed by atoms with Crippen LogP contribution in [-0.4, -0.2) is 11.5 Å². The Hall–Kier alpha value is -0.890. The number of benzene rings is 1. The Bertz CT molecular complexity index is 294. The van der Waals surface area contributed by atoms with E-state index < -0.39 is 0 Å². The van der Waals surface area contributed by atoms with Crippen LogP contribution in [0.3, 0.4) is 0 Å². The molecule has 0 spiro atoms. The molecule has 0 aromatic heterocycles. The van der Waals surface area contributed by atoms with E-state index in [1.165, 1.54) is 5.56 Å². The van der Waals surface area contributed by atoms with Gasteiger partial charge in [-0.2, -0.15) is 0 Å². The number of nitrogens with one attached hydrogen (secondary N) is 1. The van der Waals surface area contributed by atoms with Gasteiger partial charge in [0, 0.05) is 13.0 Å². The van der Waals surface area contributed by atoms with E-state index in [0.29, 0.717) is 5.92 Å². The van der Waals surface area contributed by atoms with Crippen molar-refractivity contribution in [1.82, 2.24) is 5.32 Å². The SMILES string of the molecule is S=C1CC(Cc2ccccc2)CN1. The van der Waals surface area contributed by atoms with Gasteiger partial charge in [-0.15, -0.1) is 0 Å². The van der Waals surface area contributed by atoms with Crippen LogP contribution < -0.4 is 5.32 Å². The zero-order valence-electron chi connectivity index (χ0n) is 7.49. The van der Waals surface area contributed by atoms with Crippen molar-refractivity contribution in [2.45, 2.75) is 12.8 Å².